The van der Waals surface area contributed by atoms with E-state index in [2.05, 4.69) is 6.58 Å². The minimum absolute atomic E-state index is 0.0509. The van der Waals surface area contributed by atoms with Gasteiger partial charge in [0.2, 0.25) is 0 Å². The lowest BCUT2D eigenvalue weighted by molar-refractivity contribution is -0.477. The van der Waals surface area contributed by atoms with Crippen LogP contribution in [0, 0.1) is 0 Å². The Kier molecular flexibility index (Phi) is 8.81. The zero-order valence-corrected chi connectivity index (χ0v) is 14.5. The highest BCUT2D eigenvalue weighted by molar-refractivity contribution is 5.56. The van der Waals surface area contributed by atoms with Gasteiger partial charge in [-0.05, 0) is 12.1 Å². The molecule has 132 valence electrons. The summed E-state index contributed by atoms with van der Waals surface area (Å²) in [5.41, 5.74) is 0.623. The van der Waals surface area contributed by atoms with Gasteiger partial charge in [-0.15, -0.1) is 0 Å². The average molecular weight is 330 g/mol. The molecule has 0 spiro atoms. The van der Waals surface area contributed by atoms with E-state index < -0.39 is 11.9 Å². The monoisotopic (exact) mass is 330 g/mol. The van der Waals surface area contributed by atoms with Crippen molar-refractivity contribution in [2.75, 3.05) is 28.4 Å². The van der Waals surface area contributed by atoms with Gasteiger partial charge in [-0.3, -0.25) is 4.74 Å². The molecule has 1 rings (SSSR count). The first-order chi connectivity index (χ1) is 10.7. The Hall–Kier alpha value is -1.64. The summed E-state index contributed by atoms with van der Waals surface area (Å²) in [4.78, 5) is 0. The number of ether oxygens (including phenoxy) is 5. The highest BCUT2D eigenvalue weighted by atomic mass is 17.0. The van der Waals surface area contributed by atoms with E-state index in [4.69, 9.17) is 33.9 Å². The molecule has 0 saturated carbocycles. The van der Waals surface area contributed by atoms with Gasteiger partial charge in [0.05, 0.1) is 0 Å². The zero-order chi connectivity index (χ0) is 18.1. The number of phenols is 2. The Morgan fingerprint density at radius 1 is 0.913 bits per heavy atom. The van der Waals surface area contributed by atoms with Crippen molar-refractivity contribution in [2.24, 2.45) is 0 Å². The second-order valence-corrected chi connectivity index (χ2v) is 4.59. The van der Waals surface area contributed by atoms with E-state index in [0.717, 1.165) is 0 Å². The molecular weight excluding hydrogens is 304 g/mol. The number of benzene rings is 1. The highest BCUT2D eigenvalue weighted by Gasteiger charge is 2.36. The molecule has 0 amide bonds. The lowest BCUT2D eigenvalue weighted by atomic mass is 10.2. The molecule has 0 heterocycles. The van der Waals surface area contributed by atoms with Crippen molar-refractivity contribution < 1.29 is 33.9 Å². The van der Waals surface area contributed by atoms with Gasteiger partial charge in [0, 0.05) is 53.9 Å². The summed E-state index contributed by atoms with van der Waals surface area (Å²) in [7, 11) is 5.87. The molecule has 1 aromatic rings. The van der Waals surface area contributed by atoms with Crippen LogP contribution in [-0.2, 0) is 23.7 Å². The summed E-state index contributed by atoms with van der Waals surface area (Å²) in [6.45, 7) is 6.71. The van der Waals surface area contributed by atoms with E-state index in [-0.39, 0.29) is 11.5 Å². The summed E-state index contributed by atoms with van der Waals surface area (Å²) < 4.78 is 25.3. The Morgan fingerprint density at radius 3 is 1.65 bits per heavy atom. The minimum Gasteiger partial charge on any atom is -0.508 e. The average Bonchev–Trinajstić information content (AvgIpc) is 2.55. The van der Waals surface area contributed by atoms with Gasteiger partial charge in [-0.2, -0.15) is 0 Å². The van der Waals surface area contributed by atoms with Gasteiger partial charge < -0.3 is 29.2 Å². The Morgan fingerprint density at radius 2 is 1.35 bits per heavy atom. The van der Waals surface area contributed by atoms with Gasteiger partial charge >= 0.3 is 0 Å². The molecule has 0 bridgehead atoms. The van der Waals surface area contributed by atoms with Crippen molar-refractivity contribution in [1.82, 2.24) is 0 Å². The molecule has 0 radical (unpaired) electrons. The molecule has 0 unspecified atom stereocenters. The van der Waals surface area contributed by atoms with E-state index in [1.807, 2.05) is 0 Å². The van der Waals surface area contributed by atoms with Crippen LogP contribution < -0.4 is 0 Å². The predicted molar refractivity (Wildman–Crippen MR) is 85.8 cm³/mol. The topological polar surface area (TPSA) is 86.6 Å². The third-order valence-corrected chi connectivity index (χ3v) is 3.09. The Labute approximate surface area is 137 Å². The van der Waals surface area contributed by atoms with E-state index in [9.17, 15) is 0 Å². The van der Waals surface area contributed by atoms with Crippen molar-refractivity contribution in [3.8, 4) is 11.5 Å². The van der Waals surface area contributed by atoms with Crippen LogP contribution in [0.2, 0.25) is 0 Å². The Bertz CT molecular complexity index is 463. The van der Waals surface area contributed by atoms with Gasteiger partial charge in [-0.1, -0.05) is 12.7 Å². The normalized spacial score (nSPS) is 11.6. The quantitative estimate of drug-likeness (QED) is 0.743. The molecule has 0 aliphatic heterocycles. The van der Waals surface area contributed by atoms with Crippen LogP contribution in [0.25, 0.3) is 6.08 Å². The molecule has 7 heteroatoms. The lowest BCUT2D eigenvalue weighted by Crippen LogP contribution is -2.45. The molecule has 0 atom stereocenters. The molecule has 0 aliphatic rings. The maximum atomic E-state index is 9.06. The Balaban J connectivity index is 0.000000433. The van der Waals surface area contributed by atoms with Crippen LogP contribution in [-0.4, -0.2) is 50.6 Å². The predicted octanol–water partition coefficient (Wildman–Crippen LogP) is 2.68. The van der Waals surface area contributed by atoms with E-state index >= 15 is 0 Å². The van der Waals surface area contributed by atoms with Gasteiger partial charge in [0.15, 0.2) is 0 Å². The molecule has 1 aromatic carbocycles. The number of aromatic hydroxyl groups is 2. The number of methoxy groups -OCH3 is 4. The van der Waals surface area contributed by atoms with Crippen molar-refractivity contribution in [3.63, 3.8) is 0 Å². The number of phenolic OH excluding ortho intramolecular Hbond substituents is 2. The van der Waals surface area contributed by atoms with Crippen LogP contribution in [0.1, 0.15) is 19.4 Å². The van der Waals surface area contributed by atoms with Crippen molar-refractivity contribution in [1.29, 1.82) is 0 Å². The summed E-state index contributed by atoms with van der Waals surface area (Å²) in [5, 5.41) is 17.9. The second-order valence-electron chi connectivity index (χ2n) is 4.59. The maximum Gasteiger partial charge on any atom is 0.283 e. The molecule has 0 fully saturated rings. The van der Waals surface area contributed by atoms with E-state index in [1.165, 1.54) is 46.6 Å². The first-order valence-electron chi connectivity index (χ1n) is 6.74. The SMILES string of the molecule is C=Cc1ccc(O)cc1O.COC(C)(OC)OC(C)(OC)OC. The summed E-state index contributed by atoms with van der Waals surface area (Å²) in [6, 6.07) is 4.37. The van der Waals surface area contributed by atoms with E-state index in [1.54, 1.807) is 19.9 Å². The largest absolute Gasteiger partial charge is 0.508 e. The smallest absolute Gasteiger partial charge is 0.283 e. The summed E-state index contributed by atoms with van der Waals surface area (Å²) in [5.74, 6) is -2.25. The number of hydrogen-bond acceptors (Lipinski definition) is 7. The lowest BCUT2D eigenvalue weighted by Gasteiger charge is -2.35. The third kappa shape index (κ3) is 6.98. The van der Waals surface area contributed by atoms with Gasteiger partial charge in [0.25, 0.3) is 11.9 Å². The molecule has 2 N–H and O–H groups in total. The van der Waals surface area contributed by atoms with Gasteiger partial charge in [0.1, 0.15) is 11.5 Å². The standard InChI is InChI=1S/C8H18O5.C8H8O2/c1-7(9-3,10-4)13-8(2,11-5)12-6;1-2-6-3-4-7(9)5-8(6)10/h1-6H3;2-5,9-10H,1H2. The molecular formula is C16H26O7. The van der Waals surface area contributed by atoms with Crippen molar-refractivity contribution in [2.45, 2.75) is 25.8 Å². The molecule has 0 aromatic heterocycles. The van der Waals surface area contributed by atoms with Crippen molar-refractivity contribution in [3.05, 3.63) is 30.3 Å². The van der Waals surface area contributed by atoms with Crippen LogP contribution >= 0.6 is 0 Å². The summed E-state index contributed by atoms with van der Waals surface area (Å²) >= 11 is 0. The molecule has 0 saturated heterocycles. The first kappa shape index (κ1) is 21.4. The molecule has 23 heavy (non-hydrogen) atoms. The molecule has 7 nitrogen and oxygen atoms in total. The van der Waals surface area contributed by atoms with Crippen LogP contribution in [0.5, 0.6) is 11.5 Å². The molecule has 0 aliphatic carbocycles. The third-order valence-electron chi connectivity index (χ3n) is 3.09. The zero-order valence-electron chi connectivity index (χ0n) is 14.5. The number of hydrogen-bond donors (Lipinski definition) is 2. The first-order valence-corrected chi connectivity index (χ1v) is 6.74. The van der Waals surface area contributed by atoms with Crippen molar-refractivity contribution >= 4 is 6.08 Å². The fraction of sp³-hybridized carbons (Fsp3) is 0.500. The van der Waals surface area contributed by atoms with Gasteiger partial charge in [-0.25, -0.2) is 0 Å². The van der Waals surface area contributed by atoms with E-state index in [0.29, 0.717) is 5.56 Å². The van der Waals surface area contributed by atoms with Crippen LogP contribution in [0.3, 0.4) is 0 Å². The van der Waals surface area contributed by atoms with Crippen LogP contribution in [0.4, 0.5) is 0 Å². The highest BCUT2D eigenvalue weighted by Crippen LogP contribution is 2.23. The minimum atomic E-state index is -1.18. The van der Waals surface area contributed by atoms with Crippen LogP contribution in [0.15, 0.2) is 24.8 Å². The fourth-order valence-electron chi connectivity index (χ4n) is 1.37. The number of rotatable bonds is 7. The maximum absolute atomic E-state index is 9.06. The fourth-order valence-corrected chi connectivity index (χ4v) is 1.37. The second kappa shape index (κ2) is 9.49. The summed E-state index contributed by atoms with van der Waals surface area (Å²) in [6.07, 6.45) is 1.52.